The molecule has 0 N–H and O–H groups in total. The van der Waals surface area contributed by atoms with E-state index >= 15 is 0 Å². The van der Waals surface area contributed by atoms with Gasteiger partial charge in [-0.25, -0.2) is 0 Å². The van der Waals surface area contributed by atoms with Crippen molar-refractivity contribution in [2.24, 2.45) is 0 Å². The van der Waals surface area contributed by atoms with Gasteiger partial charge in [0, 0.05) is 18.5 Å². The van der Waals surface area contributed by atoms with Gasteiger partial charge >= 0.3 is 0 Å². The van der Waals surface area contributed by atoms with Crippen molar-refractivity contribution >= 4 is 5.91 Å². The van der Waals surface area contributed by atoms with Crippen LogP contribution >= 0.6 is 0 Å². The Morgan fingerprint density at radius 1 is 1.15 bits per heavy atom. The van der Waals surface area contributed by atoms with Crippen LogP contribution in [0.25, 0.3) is 11.4 Å². The quantitative estimate of drug-likeness (QED) is 0.829. The van der Waals surface area contributed by atoms with Crippen LogP contribution in [0.1, 0.15) is 44.5 Å². The molecule has 0 spiro atoms. The number of likely N-dealkylation sites (tertiary alicyclic amines) is 1. The molecule has 3 heterocycles. The van der Waals surface area contributed by atoms with E-state index in [9.17, 15) is 4.79 Å². The number of nitrogens with zero attached hydrogens (tertiary/aromatic N) is 5. The number of carbonyl (C=O) groups is 1. The molecule has 1 fully saturated rings. The second-order valence-electron chi connectivity index (χ2n) is 7.45. The monoisotopic (exact) mass is 353 g/mol. The zero-order chi connectivity index (χ0) is 17.9. The third kappa shape index (κ3) is 3.51. The summed E-state index contributed by atoms with van der Waals surface area (Å²) in [6.07, 6.45) is 4.18. The lowest BCUT2D eigenvalue weighted by Crippen LogP contribution is -2.40. The summed E-state index contributed by atoms with van der Waals surface area (Å²) in [7, 11) is 0. The summed E-state index contributed by atoms with van der Waals surface area (Å²) < 4.78 is 2.18. The van der Waals surface area contributed by atoms with Crippen molar-refractivity contribution in [3.63, 3.8) is 0 Å². The molecule has 0 saturated carbocycles. The van der Waals surface area contributed by atoms with Crippen LogP contribution in [0.15, 0.2) is 30.3 Å². The average molecular weight is 353 g/mol. The van der Waals surface area contributed by atoms with Gasteiger partial charge in [0.2, 0.25) is 5.91 Å². The summed E-state index contributed by atoms with van der Waals surface area (Å²) in [5.74, 6) is 2.02. The van der Waals surface area contributed by atoms with Crippen molar-refractivity contribution < 1.29 is 4.79 Å². The van der Waals surface area contributed by atoms with Gasteiger partial charge in [0.15, 0.2) is 11.6 Å². The summed E-state index contributed by atoms with van der Waals surface area (Å²) in [5, 5.41) is 8.77. The summed E-state index contributed by atoms with van der Waals surface area (Å²) in [4.78, 5) is 17.1. The molecular formula is C20H27N5O. The Hall–Kier alpha value is -2.21. The second kappa shape index (κ2) is 7.58. The molecule has 0 unspecified atom stereocenters. The predicted octanol–water partition coefficient (Wildman–Crippen LogP) is 2.72. The van der Waals surface area contributed by atoms with Gasteiger partial charge in [0.05, 0.1) is 12.6 Å². The molecule has 2 aliphatic rings. The number of fused-ring (bicyclic) bond motifs is 1. The van der Waals surface area contributed by atoms with Crippen molar-refractivity contribution in [1.82, 2.24) is 24.6 Å². The highest BCUT2D eigenvalue weighted by Gasteiger charge is 2.29. The first-order valence-electron chi connectivity index (χ1n) is 9.71. The average Bonchev–Trinajstić information content (AvgIpc) is 3.32. The standard InChI is InChI=1S/C20H27N5O/c1-16-14-24(19(26)10-7-13-23-11-5-6-12-23)15-18-21-22-20(25(16)18)17-8-3-2-4-9-17/h2-4,8-9,16H,5-7,10-15H2,1H3/t16-/m0/s1. The van der Waals surface area contributed by atoms with E-state index in [0.717, 1.165) is 36.7 Å². The van der Waals surface area contributed by atoms with Crippen LogP contribution in [0.3, 0.4) is 0 Å². The largest absolute Gasteiger partial charge is 0.333 e. The molecule has 138 valence electrons. The Labute approximate surface area is 154 Å². The fourth-order valence-corrected chi connectivity index (χ4v) is 4.12. The summed E-state index contributed by atoms with van der Waals surface area (Å²) >= 11 is 0. The van der Waals surface area contributed by atoms with Crippen molar-refractivity contribution in [3.05, 3.63) is 36.2 Å². The molecule has 1 amide bonds. The van der Waals surface area contributed by atoms with Crippen LogP contribution in [-0.4, -0.2) is 56.7 Å². The summed E-state index contributed by atoms with van der Waals surface area (Å²) in [6.45, 7) is 6.87. The maximum absolute atomic E-state index is 12.7. The molecule has 1 aromatic heterocycles. The first kappa shape index (κ1) is 17.2. The molecular weight excluding hydrogens is 326 g/mol. The minimum atomic E-state index is 0.187. The van der Waals surface area contributed by atoms with Crippen molar-refractivity contribution in [2.45, 2.75) is 45.2 Å². The fraction of sp³-hybridized carbons (Fsp3) is 0.550. The third-order valence-electron chi connectivity index (χ3n) is 5.47. The van der Waals surface area contributed by atoms with Crippen molar-refractivity contribution in [3.8, 4) is 11.4 Å². The normalized spacial score (nSPS) is 20.3. The molecule has 1 aromatic carbocycles. The molecule has 2 aliphatic heterocycles. The van der Waals surface area contributed by atoms with Crippen LogP contribution in [-0.2, 0) is 11.3 Å². The molecule has 26 heavy (non-hydrogen) atoms. The number of rotatable bonds is 5. The SMILES string of the molecule is C[C@H]1CN(C(=O)CCCN2CCCC2)Cc2nnc(-c3ccccc3)n21. The van der Waals surface area contributed by atoms with Gasteiger partial charge in [0.25, 0.3) is 0 Å². The number of benzene rings is 1. The lowest BCUT2D eigenvalue weighted by Gasteiger charge is -2.32. The van der Waals surface area contributed by atoms with Crippen LogP contribution in [0.2, 0.25) is 0 Å². The highest BCUT2D eigenvalue weighted by atomic mass is 16.2. The van der Waals surface area contributed by atoms with E-state index in [0.29, 0.717) is 13.0 Å². The molecule has 1 saturated heterocycles. The smallest absolute Gasteiger partial charge is 0.223 e. The molecule has 0 radical (unpaired) electrons. The maximum Gasteiger partial charge on any atom is 0.223 e. The van der Waals surface area contributed by atoms with E-state index in [1.165, 1.54) is 25.9 Å². The van der Waals surface area contributed by atoms with Crippen LogP contribution in [0, 0.1) is 0 Å². The number of aromatic nitrogens is 3. The lowest BCUT2D eigenvalue weighted by atomic mass is 10.1. The molecule has 2 aromatic rings. The number of amides is 1. The molecule has 4 rings (SSSR count). The fourth-order valence-electron chi connectivity index (χ4n) is 4.12. The van der Waals surface area contributed by atoms with Crippen LogP contribution in [0.4, 0.5) is 0 Å². The van der Waals surface area contributed by atoms with Crippen molar-refractivity contribution in [1.29, 1.82) is 0 Å². The molecule has 6 heteroatoms. The van der Waals surface area contributed by atoms with Gasteiger partial charge in [-0.2, -0.15) is 0 Å². The zero-order valence-corrected chi connectivity index (χ0v) is 15.5. The molecule has 0 bridgehead atoms. The van der Waals surface area contributed by atoms with Gasteiger partial charge in [0.1, 0.15) is 0 Å². The predicted molar refractivity (Wildman–Crippen MR) is 100 cm³/mol. The summed E-state index contributed by atoms with van der Waals surface area (Å²) in [6, 6.07) is 10.3. The van der Waals surface area contributed by atoms with E-state index in [1.807, 2.05) is 23.1 Å². The molecule has 1 atom stereocenters. The Bertz CT molecular complexity index is 751. The zero-order valence-electron chi connectivity index (χ0n) is 15.5. The topological polar surface area (TPSA) is 54.3 Å². The van der Waals surface area contributed by atoms with E-state index < -0.39 is 0 Å². The Morgan fingerprint density at radius 2 is 1.92 bits per heavy atom. The van der Waals surface area contributed by atoms with Crippen LogP contribution < -0.4 is 0 Å². The first-order chi connectivity index (χ1) is 12.7. The Balaban J connectivity index is 1.40. The highest BCUT2D eigenvalue weighted by molar-refractivity contribution is 5.76. The van der Waals surface area contributed by atoms with Crippen molar-refractivity contribution in [2.75, 3.05) is 26.2 Å². The maximum atomic E-state index is 12.7. The minimum absolute atomic E-state index is 0.187. The molecule has 0 aliphatic carbocycles. The lowest BCUT2D eigenvalue weighted by molar-refractivity contribution is -0.133. The van der Waals surface area contributed by atoms with Gasteiger partial charge in [-0.05, 0) is 45.8 Å². The Kier molecular flexibility index (Phi) is 5.02. The van der Waals surface area contributed by atoms with E-state index in [2.05, 4.69) is 38.7 Å². The second-order valence-corrected chi connectivity index (χ2v) is 7.45. The van der Waals surface area contributed by atoms with Gasteiger partial charge < -0.3 is 14.4 Å². The number of hydrogen-bond donors (Lipinski definition) is 0. The van der Waals surface area contributed by atoms with Gasteiger partial charge in [-0.1, -0.05) is 30.3 Å². The van der Waals surface area contributed by atoms with E-state index in [-0.39, 0.29) is 11.9 Å². The minimum Gasteiger partial charge on any atom is -0.333 e. The third-order valence-corrected chi connectivity index (χ3v) is 5.47. The van der Waals surface area contributed by atoms with Crippen LogP contribution in [0.5, 0.6) is 0 Å². The van der Waals surface area contributed by atoms with E-state index in [4.69, 9.17) is 0 Å². The number of hydrogen-bond acceptors (Lipinski definition) is 4. The summed E-state index contributed by atoms with van der Waals surface area (Å²) in [5.41, 5.74) is 1.07. The Morgan fingerprint density at radius 3 is 2.69 bits per heavy atom. The van der Waals surface area contributed by atoms with Gasteiger partial charge in [-0.15, -0.1) is 10.2 Å². The molecule has 6 nitrogen and oxygen atoms in total. The highest BCUT2D eigenvalue weighted by Crippen LogP contribution is 2.27. The van der Waals surface area contributed by atoms with E-state index in [1.54, 1.807) is 0 Å². The van der Waals surface area contributed by atoms with Gasteiger partial charge in [-0.3, -0.25) is 4.79 Å². The number of carbonyl (C=O) groups excluding carboxylic acids is 1. The first-order valence-corrected chi connectivity index (χ1v) is 9.71.